The van der Waals surface area contributed by atoms with E-state index in [4.69, 9.17) is 8.94 Å². The number of H-pyrrole nitrogens is 1. The number of carbonyl (C=O) groups is 1. The Labute approximate surface area is 152 Å². The van der Waals surface area contributed by atoms with Crippen molar-refractivity contribution >= 4 is 17.2 Å². The second kappa shape index (κ2) is 6.96. The number of hydrogen-bond donors (Lipinski definition) is 2. The molecule has 0 radical (unpaired) electrons. The smallest absolute Gasteiger partial charge is 0.272 e. The number of hydrogen-bond acceptors (Lipinski definition) is 7. The summed E-state index contributed by atoms with van der Waals surface area (Å²) in [5.74, 6) is 2.02. The van der Waals surface area contributed by atoms with Gasteiger partial charge in [-0.25, -0.2) is 0 Å². The summed E-state index contributed by atoms with van der Waals surface area (Å²) in [5.41, 5.74) is 0.900. The van der Waals surface area contributed by atoms with Crippen LogP contribution in [0.1, 0.15) is 32.8 Å². The molecule has 0 aromatic carbocycles. The van der Waals surface area contributed by atoms with Crippen LogP contribution in [0.25, 0.3) is 11.5 Å². The number of thiophene rings is 1. The molecule has 0 atom stereocenters. The van der Waals surface area contributed by atoms with Crippen molar-refractivity contribution in [3.63, 3.8) is 0 Å². The minimum absolute atomic E-state index is 0.162. The Morgan fingerprint density at radius 3 is 3.04 bits per heavy atom. The lowest BCUT2D eigenvalue weighted by Gasteiger charge is -1.97. The van der Waals surface area contributed by atoms with E-state index in [0.717, 1.165) is 10.6 Å². The summed E-state index contributed by atoms with van der Waals surface area (Å²) >= 11 is 1.63. The summed E-state index contributed by atoms with van der Waals surface area (Å²) in [7, 11) is 0. The van der Waals surface area contributed by atoms with Gasteiger partial charge < -0.3 is 14.3 Å². The number of nitrogens with one attached hydrogen (secondary N) is 2. The zero-order valence-electron chi connectivity index (χ0n) is 13.9. The molecule has 132 valence electrons. The van der Waals surface area contributed by atoms with Gasteiger partial charge in [0.05, 0.1) is 13.0 Å². The van der Waals surface area contributed by atoms with Crippen molar-refractivity contribution in [2.75, 3.05) is 0 Å². The summed E-state index contributed by atoms with van der Waals surface area (Å²) in [6, 6.07) is 9.27. The Bertz CT molecular complexity index is 1010. The van der Waals surface area contributed by atoms with Crippen molar-refractivity contribution in [3.05, 3.63) is 63.8 Å². The van der Waals surface area contributed by atoms with Crippen LogP contribution in [0, 0.1) is 6.92 Å². The van der Waals surface area contributed by atoms with Gasteiger partial charge in [-0.15, -0.1) is 11.3 Å². The van der Waals surface area contributed by atoms with E-state index >= 15 is 0 Å². The zero-order chi connectivity index (χ0) is 17.9. The monoisotopic (exact) mass is 369 g/mol. The van der Waals surface area contributed by atoms with Crippen LogP contribution in [0.3, 0.4) is 0 Å². The first-order valence-corrected chi connectivity index (χ1v) is 8.79. The van der Waals surface area contributed by atoms with Gasteiger partial charge in [0.15, 0.2) is 17.3 Å². The standard InChI is InChI=1S/C17H15N5O3S/c1-10-4-5-14(24-10)12-8-13(21-20-12)17(23)18-9-15-19-16(25-22-15)7-11-3-2-6-26-11/h2-6,8H,7,9H2,1H3,(H,18,23)(H,20,21). The van der Waals surface area contributed by atoms with Gasteiger partial charge in [-0.3, -0.25) is 9.89 Å². The minimum atomic E-state index is -0.333. The van der Waals surface area contributed by atoms with Gasteiger partial charge >= 0.3 is 0 Å². The molecule has 0 spiro atoms. The van der Waals surface area contributed by atoms with E-state index in [-0.39, 0.29) is 18.1 Å². The first-order chi connectivity index (χ1) is 12.7. The van der Waals surface area contributed by atoms with Crippen LogP contribution < -0.4 is 5.32 Å². The highest BCUT2D eigenvalue weighted by Crippen LogP contribution is 2.20. The molecule has 0 saturated carbocycles. The molecular formula is C17H15N5O3S. The highest BCUT2D eigenvalue weighted by Gasteiger charge is 2.14. The van der Waals surface area contributed by atoms with E-state index in [9.17, 15) is 4.79 Å². The van der Waals surface area contributed by atoms with Crippen LogP contribution in [0.4, 0.5) is 0 Å². The van der Waals surface area contributed by atoms with E-state index < -0.39 is 0 Å². The number of aryl methyl sites for hydroxylation is 1. The minimum Gasteiger partial charge on any atom is -0.460 e. The predicted molar refractivity (Wildman–Crippen MR) is 93.6 cm³/mol. The van der Waals surface area contributed by atoms with Gasteiger partial charge in [-0.05, 0) is 30.5 Å². The van der Waals surface area contributed by atoms with Crippen LogP contribution in [0.15, 0.2) is 44.7 Å². The lowest BCUT2D eigenvalue weighted by atomic mass is 10.3. The topological polar surface area (TPSA) is 110 Å². The zero-order valence-corrected chi connectivity index (χ0v) is 14.7. The Kier molecular flexibility index (Phi) is 4.36. The lowest BCUT2D eigenvalue weighted by Crippen LogP contribution is -2.23. The largest absolute Gasteiger partial charge is 0.460 e. The third-order valence-corrected chi connectivity index (χ3v) is 4.52. The van der Waals surface area contributed by atoms with Crippen LogP contribution in [-0.2, 0) is 13.0 Å². The Hall–Kier alpha value is -3.20. The third kappa shape index (κ3) is 3.57. The van der Waals surface area contributed by atoms with E-state index in [1.807, 2.05) is 36.6 Å². The molecule has 0 aliphatic heterocycles. The fourth-order valence-electron chi connectivity index (χ4n) is 2.39. The summed E-state index contributed by atoms with van der Waals surface area (Å²) in [5, 5.41) is 15.4. The number of furan rings is 1. The average molecular weight is 369 g/mol. The van der Waals surface area contributed by atoms with Crippen LogP contribution in [-0.4, -0.2) is 26.2 Å². The lowest BCUT2D eigenvalue weighted by molar-refractivity contribution is 0.0944. The molecule has 1 amide bonds. The number of rotatable bonds is 6. The number of amides is 1. The predicted octanol–water partition coefficient (Wildman–Crippen LogP) is 2.94. The Morgan fingerprint density at radius 2 is 2.27 bits per heavy atom. The van der Waals surface area contributed by atoms with E-state index in [1.54, 1.807) is 17.4 Å². The molecule has 9 heteroatoms. The van der Waals surface area contributed by atoms with Crippen molar-refractivity contribution in [1.82, 2.24) is 25.7 Å². The Morgan fingerprint density at radius 1 is 1.35 bits per heavy atom. The third-order valence-electron chi connectivity index (χ3n) is 3.64. The van der Waals surface area contributed by atoms with Crippen molar-refractivity contribution < 1.29 is 13.7 Å². The van der Waals surface area contributed by atoms with Gasteiger partial charge in [0.2, 0.25) is 5.89 Å². The van der Waals surface area contributed by atoms with E-state index in [2.05, 4.69) is 25.7 Å². The molecule has 0 fully saturated rings. The normalized spacial score (nSPS) is 11.0. The molecule has 4 heterocycles. The molecule has 4 rings (SSSR count). The van der Waals surface area contributed by atoms with Crippen LogP contribution >= 0.6 is 11.3 Å². The van der Waals surface area contributed by atoms with Crippen molar-refractivity contribution in [3.8, 4) is 11.5 Å². The van der Waals surface area contributed by atoms with Crippen molar-refractivity contribution in [2.45, 2.75) is 19.9 Å². The molecule has 0 aliphatic carbocycles. The van der Waals surface area contributed by atoms with Crippen LogP contribution in [0.2, 0.25) is 0 Å². The second-order valence-corrected chi connectivity index (χ2v) is 6.65. The highest BCUT2D eigenvalue weighted by atomic mass is 32.1. The average Bonchev–Trinajstić information content (AvgIpc) is 3.41. The molecule has 0 bridgehead atoms. The van der Waals surface area contributed by atoms with Crippen molar-refractivity contribution in [2.24, 2.45) is 0 Å². The van der Waals surface area contributed by atoms with E-state index in [1.165, 1.54) is 0 Å². The first-order valence-electron chi connectivity index (χ1n) is 7.91. The van der Waals surface area contributed by atoms with Gasteiger partial charge in [0.1, 0.15) is 11.5 Å². The molecule has 4 aromatic rings. The van der Waals surface area contributed by atoms with Gasteiger partial charge in [-0.1, -0.05) is 11.2 Å². The van der Waals surface area contributed by atoms with Gasteiger partial charge in [0, 0.05) is 10.9 Å². The highest BCUT2D eigenvalue weighted by molar-refractivity contribution is 7.09. The summed E-state index contributed by atoms with van der Waals surface area (Å²) in [4.78, 5) is 17.6. The molecule has 0 unspecified atom stereocenters. The van der Waals surface area contributed by atoms with Crippen LogP contribution in [0.5, 0.6) is 0 Å². The number of aromatic amines is 1. The first kappa shape index (κ1) is 16.3. The fourth-order valence-corrected chi connectivity index (χ4v) is 3.09. The summed E-state index contributed by atoms with van der Waals surface area (Å²) in [6.07, 6.45) is 0.587. The van der Waals surface area contributed by atoms with E-state index in [0.29, 0.717) is 29.6 Å². The Balaban J connectivity index is 1.35. The maximum Gasteiger partial charge on any atom is 0.272 e. The van der Waals surface area contributed by atoms with Crippen molar-refractivity contribution in [1.29, 1.82) is 0 Å². The molecule has 0 saturated heterocycles. The molecule has 4 aromatic heterocycles. The number of nitrogens with zero attached hydrogens (tertiary/aromatic N) is 3. The molecule has 8 nitrogen and oxygen atoms in total. The second-order valence-electron chi connectivity index (χ2n) is 5.62. The number of aromatic nitrogens is 4. The number of carbonyl (C=O) groups excluding carboxylic acids is 1. The SMILES string of the molecule is Cc1ccc(-c2cc(C(=O)NCc3noc(Cc4cccs4)n3)n[nH]2)o1. The quantitative estimate of drug-likeness (QED) is 0.541. The maximum absolute atomic E-state index is 12.2. The fraction of sp³-hybridized carbons (Fsp3) is 0.176. The molecule has 0 aliphatic rings. The maximum atomic E-state index is 12.2. The molecule has 26 heavy (non-hydrogen) atoms. The van der Waals surface area contributed by atoms with Gasteiger partial charge in [0.25, 0.3) is 5.91 Å². The summed E-state index contributed by atoms with van der Waals surface area (Å²) in [6.45, 7) is 2.01. The van der Waals surface area contributed by atoms with Gasteiger partial charge in [-0.2, -0.15) is 10.1 Å². The summed E-state index contributed by atoms with van der Waals surface area (Å²) < 4.78 is 10.7. The molecular weight excluding hydrogens is 354 g/mol. The molecule has 2 N–H and O–H groups in total.